The summed E-state index contributed by atoms with van der Waals surface area (Å²) >= 11 is 7.68. The minimum atomic E-state index is -0.474. The Balaban J connectivity index is 2.31. The molecule has 0 fully saturated rings. The summed E-state index contributed by atoms with van der Waals surface area (Å²) in [5.74, 6) is -0.474. The lowest BCUT2D eigenvalue weighted by Gasteiger charge is -2.05. The zero-order chi connectivity index (χ0) is 12.4. The van der Waals surface area contributed by atoms with E-state index in [-0.39, 0.29) is 17.1 Å². The van der Waals surface area contributed by atoms with Crippen molar-refractivity contribution in [2.45, 2.75) is 6.54 Å². The van der Waals surface area contributed by atoms with Gasteiger partial charge in [0.2, 0.25) is 0 Å². The van der Waals surface area contributed by atoms with E-state index in [0.717, 1.165) is 9.13 Å². The fourth-order valence-corrected chi connectivity index (χ4v) is 1.94. The lowest BCUT2D eigenvalue weighted by Crippen LogP contribution is -2.22. The Kier molecular flexibility index (Phi) is 3.78. The first-order valence-electron chi connectivity index (χ1n) is 4.73. The molecule has 0 aliphatic heterocycles. The van der Waals surface area contributed by atoms with Gasteiger partial charge in [-0.15, -0.1) is 0 Å². The molecule has 3 nitrogen and oxygen atoms in total. The molecule has 0 atom stereocenters. The lowest BCUT2D eigenvalue weighted by molar-refractivity contribution is 0.618. The summed E-state index contributed by atoms with van der Waals surface area (Å²) in [6.07, 6.45) is 1.59. The summed E-state index contributed by atoms with van der Waals surface area (Å²) < 4.78 is 15.0. The average molecular weight is 365 g/mol. The quantitative estimate of drug-likeness (QED) is 0.768. The van der Waals surface area contributed by atoms with E-state index >= 15 is 0 Å². The molecule has 0 amide bonds. The fourth-order valence-electron chi connectivity index (χ4n) is 1.34. The Morgan fingerprint density at radius 2 is 2.18 bits per heavy atom. The summed E-state index contributed by atoms with van der Waals surface area (Å²) in [5, 5.41) is 4.03. The van der Waals surface area contributed by atoms with Gasteiger partial charge in [-0.1, -0.05) is 17.7 Å². The van der Waals surface area contributed by atoms with E-state index in [2.05, 4.69) is 5.10 Å². The van der Waals surface area contributed by atoms with Gasteiger partial charge in [0, 0.05) is 9.64 Å². The van der Waals surface area contributed by atoms with Crippen molar-refractivity contribution in [2.24, 2.45) is 0 Å². The van der Waals surface area contributed by atoms with Gasteiger partial charge < -0.3 is 0 Å². The number of benzene rings is 1. The summed E-state index contributed by atoms with van der Waals surface area (Å²) in [5.41, 5.74) is 0.532. The van der Waals surface area contributed by atoms with Crippen molar-refractivity contribution in [3.8, 4) is 0 Å². The van der Waals surface area contributed by atoms with E-state index in [1.807, 2.05) is 22.6 Å². The molecule has 2 rings (SSSR count). The Morgan fingerprint density at radius 3 is 2.82 bits per heavy atom. The third-order valence-electron chi connectivity index (χ3n) is 2.15. The second kappa shape index (κ2) is 5.14. The highest BCUT2D eigenvalue weighted by molar-refractivity contribution is 14.1. The van der Waals surface area contributed by atoms with Gasteiger partial charge in [0.15, 0.2) is 0 Å². The molecule has 0 radical (unpaired) electrons. The average Bonchev–Trinajstić information content (AvgIpc) is 2.27. The monoisotopic (exact) mass is 364 g/mol. The predicted octanol–water partition coefficient (Wildman–Crippen LogP) is 2.69. The molecule has 0 saturated carbocycles. The van der Waals surface area contributed by atoms with E-state index < -0.39 is 5.82 Å². The first-order chi connectivity index (χ1) is 8.06. The summed E-state index contributed by atoms with van der Waals surface area (Å²) in [7, 11) is 0. The first kappa shape index (κ1) is 12.5. The van der Waals surface area contributed by atoms with Crippen LogP contribution >= 0.6 is 34.2 Å². The van der Waals surface area contributed by atoms with E-state index in [4.69, 9.17) is 11.6 Å². The van der Waals surface area contributed by atoms with Crippen LogP contribution in [0.5, 0.6) is 0 Å². The van der Waals surface area contributed by atoms with Gasteiger partial charge in [0.1, 0.15) is 5.82 Å². The molecular weight excluding hydrogens is 357 g/mol. The van der Waals surface area contributed by atoms with Gasteiger partial charge in [-0.2, -0.15) is 5.10 Å². The Labute approximate surface area is 115 Å². The van der Waals surface area contributed by atoms with Crippen LogP contribution in [-0.4, -0.2) is 9.78 Å². The maximum Gasteiger partial charge on any atom is 0.268 e. The molecule has 6 heteroatoms. The fraction of sp³-hybridized carbons (Fsp3) is 0.0909. The number of hydrogen-bond donors (Lipinski definition) is 0. The molecular formula is C11H7ClFIN2O. The third kappa shape index (κ3) is 3.04. The van der Waals surface area contributed by atoms with Gasteiger partial charge in [0.25, 0.3) is 5.56 Å². The maximum atomic E-state index is 13.0. The number of hydrogen-bond acceptors (Lipinski definition) is 2. The van der Waals surface area contributed by atoms with Gasteiger partial charge >= 0.3 is 0 Å². The van der Waals surface area contributed by atoms with Crippen molar-refractivity contribution in [3.05, 3.63) is 60.8 Å². The maximum absolute atomic E-state index is 13.0. The highest BCUT2D eigenvalue weighted by Crippen LogP contribution is 2.16. The highest BCUT2D eigenvalue weighted by atomic mass is 127. The van der Waals surface area contributed by atoms with E-state index in [9.17, 15) is 9.18 Å². The number of nitrogens with zero attached hydrogens (tertiary/aromatic N) is 2. The zero-order valence-corrected chi connectivity index (χ0v) is 11.4. The topological polar surface area (TPSA) is 34.9 Å². The van der Waals surface area contributed by atoms with Crippen molar-refractivity contribution in [1.82, 2.24) is 9.78 Å². The first-order valence-corrected chi connectivity index (χ1v) is 6.18. The molecule has 0 aliphatic rings. The highest BCUT2D eigenvalue weighted by Gasteiger charge is 2.03. The Morgan fingerprint density at radius 1 is 1.41 bits per heavy atom. The van der Waals surface area contributed by atoms with Gasteiger partial charge in [-0.25, -0.2) is 9.07 Å². The van der Waals surface area contributed by atoms with E-state index in [1.54, 1.807) is 12.3 Å². The van der Waals surface area contributed by atoms with Crippen LogP contribution in [-0.2, 0) is 6.54 Å². The second-order valence-electron chi connectivity index (χ2n) is 3.42. The third-order valence-corrected chi connectivity index (χ3v) is 3.03. The molecule has 0 aliphatic carbocycles. The molecule has 0 N–H and O–H groups in total. The lowest BCUT2D eigenvalue weighted by atomic mass is 10.2. The predicted molar refractivity (Wildman–Crippen MR) is 71.7 cm³/mol. The SMILES string of the molecule is O=c1cc(I)cnn1Cc1ccc(F)c(Cl)c1. The molecule has 17 heavy (non-hydrogen) atoms. The van der Waals surface area contributed by atoms with E-state index in [1.165, 1.54) is 22.9 Å². The largest absolute Gasteiger partial charge is 0.268 e. The summed E-state index contributed by atoms with van der Waals surface area (Å²) in [6, 6.07) is 5.82. The molecule has 1 aromatic heterocycles. The Hall–Kier alpha value is -0.950. The normalized spacial score (nSPS) is 10.5. The standard InChI is InChI=1S/C11H7ClFIN2O/c12-9-3-7(1-2-10(9)13)6-16-11(17)4-8(14)5-15-16/h1-5H,6H2. The minimum Gasteiger partial charge on any atom is -0.268 e. The second-order valence-corrected chi connectivity index (χ2v) is 5.07. The molecule has 2 aromatic rings. The number of halogens is 3. The van der Waals surface area contributed by atoms with Crippen LogP contribution in [0.4, 0.5) is 4.39 Å². The van der Waals surface area contributed by atoms with Crippen LogP contribution in [0.2, 0.25) is 5.02 Å². The van der Waals surface area contributed by atoms with Crippen molar-refractivity contribution in [2.75, 3.05) is 0 Å². The molecule has 0 spiro atoms. The molecule has 88 valence electrons. The van der Waals surface area contributed by atoms with Crippen LogP contribution in [0.1, 0.15) is 5.56 Å². The Bertz CT molecular complexity index is 615. The molecule has 0 saturated heterocycles. The molecule has 1 aromatic carbocycles. The van der Waals surface area contributed by atoms with Gasteiger partial charge in [-0.05, 0) is 40.3 Å². The zero-order valence-electron chi connectivity index (χ0n) is 8.53. The summed E-state index contributed by atoms with van der Waals surface area (Å²) in [6.45, 7) is 0.274. The molecule has 0 unspecified atom stereocenters. The van der Waals surface area contributed by atoms with Crippen molar-refractivity contribution < 1.29 is 4.39 Å². The van der Waals surface area contributed by atoms with Crippen LogP contribution < -0.4 is 5.56 Å². The molecule has 1 heterocycles. The van der Waals surface area contributed by atoms with Gasteiger partial charge in [-0.3, -0.25) is 4.79 Å². The molecule has 0 bridgehead atoms. The number of rotatable bonds is 2. The minimum absolute atomic E-state index is 0.0426. The van der Waals surface area contributed by atoms with Crippen LogP contribution in [0, 0.1) is 9.39 Å². The van der Waals surface area contributed by atoms with Crippen LogP contribution in [0.3, 0.4) is 0 Å². The number of aromatic nitrogens is 2. The van der Waals surface area contributed by atoms with Crippen molar-refractivity contribution in [3.63, 3.8) is 0 Å². The summed E-state index contributed by atoms with van der Waals surface area (Å²) in [4.78, 5) is 11.6. The van der Waals surface area contributed by atoms with Crippen LogP contribution in [0.15, 0.2) is 35.3 Å². The van der Waals surface area contributed by atoms with Crippen LogP contribution in [0.25, 0.3) is 0 Å². The van der Waals surface area contributed by atoms with Crippen molar-refractivity contribution >= 4 is 34.2 Å². The van der Waals surface area contributed by atoms with Crippen molar-refractivity contribution in [1.29, 1.82) is 0 Å². The van der Waals surface area contributed by atoms with E-state index in [0.29, 0.717) is 0 Å². The van der Waals surface area contributed by atoms with Gasteiger partial charge in [0.05, 0.1) is 17.8 Å². The smallest absolute Gasteiger partial charge is 0.268 e.